The molecule has 212 valence electrons. The average molecular weight is 545 g/mol. The number of rotatable bonds is 12. The molecule has 0 unspecified atom stereocenters. The minimum atomic E-state index is -0.810. The van der Waals surface area contributed by atoms with Crippen molar-refractivity contribution in [1.82, 2.24) is 9.88 Å². The van der Waals surface area contributed by atoms with Crippen LogP contribution in [0.3, 0.4) is 0 Å². The van der Waals surface area contributed by atoms with Crippen LogP contribution in [0.5, 0.6) is 11.6 Å². The Kier molecular flexibility index (Phi) is 9.25. The van der Waals surface area contributed by atoms with Crippen LogP contribution in [-0.4, -0.2) is 46.1 Å². The zero-order chi connectivity index (χ0) is 29.0. The molecular weight excluding hydrogens is 504 g/mol. The third kappa shape index (κ3) is 6.89. The largest absolute Gasteiger partial charge is 0.481 e. The Morgan fingerprint density at radius 1 is 1.00 bits per heavy atom. The summed E-state index contributed by atoms with van der Waals surface area (Å²) in [4.78, 5) is 31.7. The summed E-state index contributed by atoms with van der Waals surface area (Å²) in [5, 5.41) is 9.65. The summed E-state index contributed by atoms with van der Waals surface area (Å²) >= 11 is 0. The van der Waals surface area contributed by atoms with E-state index in [1.165, 1.54) is 0 Å². The van der Waals surface area contributed by atoms with Gasteiger partial charge in [0.15, 0.2) is 0 Å². The Bertz CT molecular complexity index is 1340. The highest BCUT2D eigenvalue weighted by atomic mass is 16.5. The maximum Gasteiger partial charge on any atom is 0.343 e. The molecule has 3 aromatic rings. The monoisotopic (exact) mass is 544 g/mol. The number of hydrogen-bond acceptors (Lipinski definition) is 6. The van der Waals surface area contributed by atoms with E-state index in [9.17, 15) is 14.7 Å². The Morgan fingerprint density at radius 3 is 2.35 bits per heavy atom. The summed E-state index contributed by atoms with van der Waals surface area (Å²) in [5.41, 5.74) is 4.31. The first-order chi connectivity index (χ1) is 19.1. The molecule has 7 heteroatoms. The van der Waals surface area contributed by atoms with E-state index in [0.29, 0.717) is 41.7 Å². The van der Waals surface area contributed by atoms with Gasteiger partial charge in [-0.2, -0.15) is 0 Å². The van der Waals surface area contributed by atoms with Crippen LogP contribution in [0.25, 0.3) is 11.1 Å². The number of carboxylic acid groups (broad SMARTS) is 1. The maximum atomic E-state index is 13.4. The summed E-state index contributed by atoms with van der Waals surface area (Å²) < 4.78 is 11.2. The van der Waals surface area contributed by atoms with Crippen molar-refractivity contribution in [2.24, 2.45) is 11.8 Å². The van der Waals surface area contributed by atoms with Crippen molar-refractivity contribution >= 4 is 11.9 Å². The molecule has 0 spiro atoms. The Labute approximate surface area is 237 Å². The fraction of sp³-hybridized carbons (Fsp3) is 0.424. The third-order valence-electron chi connectivity index (χ3n) is 7.79. The molecule has 0 radical (unpaired) electrons. The van der Waals surface area contributed by atoms with Gasteiger partial charge in [-0.05, 0) is 105 Å². The number of benzene rings is 2. The fourth-order valence-electron chi connectivity index (χ4n) is 5.51. The Balaban J connectivity index is 1.65. The second-order valence-electron chi connectivity index (χ2n) is 11.3. The lowest BCUT2D eigenvalue weighted by Crippen LogP contribution is -2.36. The van der Waals surface area contributed by atoms with Gasteiger partial charge < -0.3 is 14.6 Å². The molecule has 0 saturated heterocycles. The molecule has 1 fully saturated rings. The lowest BCUT2D eigenvalue weighted by atomic mass is 9.83. The quantitative estimate of drug-likeness (QED) is 0.198. The molecule has 40 heavy (non-hydrogen) atoms. The van der Waals surface area contributed by atoms with Crippen molar-refractivity contribution in [3.05, 3.63) is 77.5 Å². The second kappa shape index (κ2) is 12.6. The number of hydrogen-bond donors (Lipinski definition) is 1. The van der Waals surface area contributed by atoms with E-state index in [1.807, 2.05) is 42.5 Å². The standard InChI is InChI=1S/C33H40N2O5/c1-20(2)35(21(3)4)19-27-16-26(12-13-29(27)24-14-15-34-30(18-24)39-6)33(38)40-28-9-7-8-25(17-28)31(23-10-11-23)22(5)32(36)37/h7-9,12-18,20-23,31H,10-11,19H2,1-6H3,(H,36,37)/t22-,31-/m0/s1. The first-order valence-electron chi connectivity index (χ1n) is 14.0. The summed E-state index contributed by atoms with van der Waals surface area (Å²) in [6.07, 6.45) is 3.76. The first-order valence-corrected chi connectivity index (χ1v) is 14.0. The van der Waals surface area contributed by atoms with E-state index < -0.39 is 17.9 Å². The van der Waals surface area contributed by atoms with E-state index in [-0.39, 0.29) is 5.92 Å². The second-order valence-corrected chi connectivity index (χ2v) is 11.3. The van der Waals surface area contributed by atoms with Gasteiger partial charge in [0.25, 0.3) is 0 Å². The summed E-state index contributed by atoms with van der Waals surface area (Å²) in [6, 6.07) is 17.4. The molecule has 1 aliphatic carbocycles. The minimum Gasteiger partial charge on any atom is -0.481 e. The summed E-state index contributed by atoms with van der Waals surface area (Å²) in [5.74, 6) is -0.575. The van der Waals surface area contributed by atoms with Gasteiger partial charge in [0, 0.05) is 30.9 Å². The molecule has 1 aromatic heterocycles. The van der Waals surface area contributed by atoms with Gasteiger partial charge in [-0.25, -0.2) is 9.78 Å². The number of pyridine rings is 1. The van der Waals surface area contributed by atoms with Crippen molar-refractivity contribution in [1.29, 1.82) is 0 Å². The van der Waals surface area contributed by atoms with Gasteiger partial charge in [-0.3, -0.25) is 9.69 Å². The molecule has 4 rings (SSSR count). The molecular formula is C33H40N2O5. The Morgan fingerprint density at radius 2 is 1.73 bits per heavy atom. The van der Waals surface area contributed by atoms with Crippen LogP contribution >= 0.6 is 0 Å². The van der Waals surface area contributed by atoms with Gasteiger partial charge in [0.1, 0.15) is 5.75 Å². The highest BCUT2D eigenvalue weighted by Gasteiger charge is 2.38. The summed E-state index contributed by atoms with van der Waals surface area (Å²) in [7, 11) is 1.59. The van der Waals surface area contributed by atoms with Gasteiger partial charge in [-0.1, -0.05) is 25.1 Å². The maximum absolute atomic E-state index is 13.4. The number of carbonyl (C=O) groups is 2. The van der Waals surface area contributed by atoms with Crippen LogP contribution in [0, 0.1) is 11.8 Å². The van der Waals surface area contributed by atoms with Crippen molar-refractivity contribution in [3.8, 4) is 22.8 Å². The molecule has 1 heterocycles. The van der Waals surface area contributed by atoms with E-state index in [2.05, 4.69) is 37.6 Å². The zero-order valence-electron chi connectivity index (χ0n) is 24.3. The lowest BCUT2D eigenvalue weighted by molar-refractivity contribution is -0.142. The molecule has 1 saturated carbocycles. The molecule has 1 N–H and O–H groups in total. The lowest BCUT2D eigenvalue weighted by Gasteiger charge is -2.31. The van der Waals surface area contributed by atoms with E-state index in [0.717, 1.165) is 35.1 Å². The van der Waals surface area contributed by atoms with Crippen LogP contribution in [0.4, 0.5) is 0 Å². The van der Waals surface area contributed by atoms with Crippen LogP contribution in [0.1, 0.15) is 74.9 Å². The number of aliphatic carboxylic acids is 1. The molecule has 0 bridgehead atoms. The number of methoxy groups -OCH3 is 1. The smallest absolute Gasteiger partial charge is 0.343 e. The number of carboxylic acids is 1. The normalized spacial score (nSPS) is 14.8. The number of esters is 1. The summed E-state index contributed by atoms with van der Waals surface area (Å²) in [6.45, 7) is 11.1. The predicted molar refractivity (Wildman–Crippen MR) is 156 cm³/mol. The minimum absolute atomic E-state index is 0.0996. The molecule has 2 atom stereocenters. The molecule has 7 nitrogen and oxygen atoms in total. The van der Waals surface area contributed by atoms with Crippen LogP contribution in [0.2, 0.25) is 0 Å². The molecule has 0 amide bonds. The van der Waals surface area contributed by atoms with Crippen molar-refractivity contribution < 1.29 is 24.2 Å². The van der Waals surface area contributed by atoms with Crippen LogP contribution in [-0.2, 0) is 11.3 Å². The van der Waals surface area contributed by atoms with Gasteiger partial charge in [0.2, 0.25) is 5.88 Å². The Hall–Kier alpha value is -3.71. The number of carbonyl (C=O) groups excluding carboxylic acids is 1. The molecule has 0 aliphatic heterocycles. The highest BCUT2D eigenvalue weighted by Crippen LogP contribution is 2.47. The van der Waals surface area contributed by atoms with E-state index >= 15 is 0 Å². The van der Waals surface area contributed by atoms with E-state index in [1.54, 1.807) is 32.4 Å². The predicted octanol–water partition coefficient (Wildman–Crippen LogP) is 6.81. The highest BCUT2D eigenvalue weighted by molar-refractivity contribution is 5.92. The number of aromatic nitrogens is 1. The average Bonchev–Trinajstić information content (AvgIpc) is 3.76. The van der Waals surface area contributed by atoms with Crippen molar-refractivity contribution in [3.63, 3.8) is 0 Å². The SMILES string of the molecule is COc1cc(-c2ccc(C(=O)Oc3cccc([C@H](C4CC4)[C@H](C)C(=O)O)c3)cc2CN(C(C)C)C(C)C)ccn1. The van der Waals surface area contributed by atoms with Crippen LogP contribution in [0.15, 0.2) is 60.8 Å². The van der Waals surface area contributed by atoms with Gasteiger partial charge in [0.05, 0.1) is 18.6 Å². The van der Waals surface area contributed by atoms with Gasteiger partial charge in [-0.15, -0.1) is 0 Å². The third-order valence-corrected chi connectivity index (χ3v) is 7.79. The number of nitrogens with zero attached hydrogens (tertiary/aromatic N) is 2. The van der Waals surface area contributed by atoms with Crippen molar-refractivity contribution in [2.45, 2.75) is 72.0 Å². The zero-order valence-corrected chi connectivity index (χ0v) is 24.3. The number of ether oxygens (including phenoxy) is 2. The first kappa shape index (κ1) is 29.3. The van der Waals surface area contributed by atoms with Crippen LogP contribution < -0.4 is 9.47 Å². The topological polar surface area (TPSA) is 89.0 Å². The fourth-order valence-corrected chi connectivity index (χ4v) is 5.51. The molecule has 2 aromatic carbocycles. The molecule has 1 aliphatic rings. The van der Waals surface area contributed by atoms with Crippen molar-refractivity contribution in [2.75, 3.05) is 7.11 Å². The van der Waals surface area contributed by atoms with E-state index in [4.69, 9.17) is 9.47 Å². The van der Waals surface area contributed by atoms with Gasteiger partial charge >= 0.3 is 11.9 Å².